The normalized spacial score (nSPS) is 18.8. The minimum atomic E-state index is -0.645. The summed E-state index contributed by atoms with van der Waals surface area (Å²) in [6.07, 6.45) is 2.02. The van der Waals surface area contributed by atoms with Crippen LogP contribution in [0.4, 0.5) is 0 Å². The van der Waals surface area contributed by atoms with E-state index < -0.39 is 6.10 Å². The van der Waals surface area contributed by atoms with Crippen molar-refractivity contribution in [2.45, 2.75) is 45.3 Å². The highest BCUT2D eigenvalue weighted by Crippen LogP contribution is 2.36. The van der Waals surface area contributed by atoms with Crippen LogP contribution in [0.1, 0.15) is 38.2 Å². The van der Waals surface area contributed by atoms with E-state index in [1.807, 2.05) is 18.2 Å². The predicted molar refractivity (Wildman–Crippen MR) is 82.0 cm³/mol. The Labute approximate surface area is 135 Å². The third-order valence-corrected chi connectivity index (χ3v) is 4.09. The van der Waals surface area contributed by atoms with Crippen LogP contribution in [0.2, 0.25) is 0 Å². The van der Waals surface area contributed by atoms with Crippen LogP contribution in [0.3, 0.4) is 0 Å². The number of ether oxygens (including phenoxy) is 3. The number of nitrogens with zero attached hydrogens (tertiary/aromatic N) is 1. The van der Waals surface area contributed by atoms with Crippen LogP contribution in [0.15, 0.2) is 18.2 Å². The van der Waals surface area contributed by atoms with Crippen molar-refractivity contribution < 1.29 is 23.8 Å². The number of cyclic esters (lactones) is 1. The number of unbranched alkanes of at least 4 members (excludes halogenated alkanes) is 1. The zero-order chi connectivity index (χ0) is 16.2. The number of hydrogen-bond acceptors (Lipinski definition) is 5. The average Bonchev–Trinajstić information content (AvgIpc) is 3.19. The fourth-order valence-electron chi connectivity index (χ4n) is 2.84. The van der Waals surface area contributed by atoms with Gasteiger partial charge < -0.3 is 19.1 Å². The molecule has 0 saturated carbocycles. The van der Waals surface area contributed by atoms with Gasteiger partial charge in [-0.3, -0.25) is 9.59 Å². The number of benzene rings is 1. The molecule has 1 fully saturated rings. The second kappa shape index (κ2) is 6.89. The van der Waals surface area contributed by atoms with Gasteiger partial charge in [-0.2, -0.15) is 0 Å². The van der Waals surface area contributed by atoms with Gasteiger partial charge >= 0.3 is 5.97 Å². The largest absolute Gasteiger partial charge is 0.454 e. The third kappa shape index (κ3) is 3.41. The Balaban J connectivity index is 1.75. The summed E-state index contributed by atoms with van der Waals surface area (Å²) in [5.74, 6) is 0.986. The van der Waals surface area contributed by atoms with Gasteiger partial charge in [-0.15, -0.1) is 0 Å². The third-order valence-electron chi connectivity index (χ3n) is 4.09. The van der Waals surface area contributed by atoms with Crippen LogP contribution in [-0.2, 0) is 20.9 Å². The van der Waals surface area contributed by atoms with E-state index in [1.54, 1.807) is 4.90 Å². The standard InChI is InChI=1S/C17H21NO5/c1-2-3-9-18(17(20)14-7-8-15(19)23-14)10-12-5-4-6-13-16(12)22-11-21-13/h4-6,14H,2-3,7-11H2,1H3/t14-/m1/s1. The first-order valence-corrected chi connectivity index (χ1v) is 8.04. The Hall–Kier alpha value is -2.24. The number of carbonyl (C=O) groups excluding carboxylic acids is 2. The zero-order valence-electron chi connectivity index (χ0n) is 13.2. The van der Waals surface area contributed by atoms with Gasteiger partial charge in [0.25, 0.3) is 5.91 Å². The van der Waals surface area contributed by atoms with E-state index in [4.69, 9.17) is 14.2 Å². The Morgan fingerprint density at radius 2 is 2.22 bits per heavy atom. The first-order chi connectivity index (χ1) is 11.2. The summed E-state index contributed by atoms with van der Waals surface area (Å²) in [5.41, 5.74) is 0.911. The van der Waals surface area contributed by atoms with Gasteiger partial charge in [0.2, 0.25) is 6.79 Å². The van der Waals surface area contributed by atoms with E-state index in [2.05, 4.69) is 6.92 Å². The topological polar surface area (TPSA) is 65.1 Å². The quantitative estimate of drug-likeness (QED) is 0.753. The lowest BCUT2D eigenvalue weighted by molar-refractivity contribution is -0.153. The molecule has 1 atom stereocenters. The SMILES string of the molecule is CCCCN(Cc1cccc2c1OCO2)C(=O)[C@H]1CCC(=O)O1. The number of fused-ring (bicyclic) bond motifs is 1. The van der Waals surface area contributed by atoms with Crippen molar-refractivity contribution >= 4 is 11.9 Å². The molecule has 3 rings (SSSR count). The molecule has 0 radical (unpaired) electrons. The van der Waals surface area contributed by atoms with Crippen LogP contribution in [0.25, 0.3) is 0 Å². The molecule has 0 unspecified atom stereocenters. The van der Waals surface area contributed by atoms with E-state index in [0.717, 1.165) is 18.4 Å². The molecule has 6 heteroatoms. The molecular formula is C17H21NO5. The van der Waals surface area contributed by atoms with Crippen molar-refractivity contribution in [2.24, 2.45) is 0 Å². The maximum atomic E-state index is 12.7. The van der Waals surface area contributed by atoms with Crippen molar-refractivity contribution in [1.82, 2.24) is 4.90 Å². The lowest BCUT2D eigenvalue weighted by atomic mass is 10.1. The van der Waals surface area contributed by atoms with Gasteiger partial charge in [0.15, 0.2) is 17.6 Å². The lowest BCUT2D eigenvalue weighted by Gasteiger charge is -2.25. The molecule has 0 N–H and O–H groups in total. The second-order valence-electron chi connectivity index (χ2n) is 5.78. The number of hydrogen-bond donors (Lipinski definition) is 0. The molecule has 1 saturated heterocycles. The summed E-state index contributed by atoms with van der Waals surface area (Å²) in [7, 11) is 0. The van der Waals surface area contributed by atoms with Crippen LogP contribution >= 0.6 is 0 Å². The van der Waals surface area contributed by atoms with Gasteiger partial charge in [0, 0.05) is 31.5 Å². The van der Waals surface area contributed by atoms with Gasteiger partial charge in [-0.05, 0) is 12.5 Å². The molecule has 2 aliphatic rings. The minimum absolute atomic E-state index is 0.124. The molecule has 1 aromatic carbocycles. The molecule has 0 bridgehead atoms. The number of carbonyl (C=O) groups is 2. The Bertz CT molecular complexity index is 601. The summed E-state index contributed by atoms with van der Waals surface area (Å²) in [5, 5.41) is 0. The molecule has 0 spiro atoms. The Kier molecular flexibility index (Phi) is 4.69. The van der Waals surface area contributed by atoms with Crippen LogP contribution in [-0.4, -0.2) is 36.2 Å². The first kappa shape index (κ1) is 15.6. The molecule has 0 aromatic heterocycles. The van der Waals surface area contributed by atoms with Crippen molar-refractivity contribution in [1.29, 1.82) is 0 Å². The summed E-state index contributed by atoms with van der Waals surface area (Å²) < 4.78 is 16.0. The van der Waals surface area contributed by atoms with Gasteiger partial charge in [0.05, 0.1) is 0 Å². The predicted octanol–water partition coefficient (Wildman–Crippen LogP) is 2.25. The minimum Gasteiger partial charge on any atom is -0.454 e. The van der Waals surface area contributed by atoms with Crippen LogP contribution in [0.5, 0.6) is 11.5 Å². The summed E-state index contributed by atoms with van der Waals surface area (Å²) in [6, 6.07) is 5.67. The average molecular weight is 319 g/mol. The summed E-state index contributed by atoms with van der Waals surface area (Å²) >= 11 is 0. The highest BCUT2D eigenvalue weighted by molar-refractivity contribution is 5.86. The fraction of sp³-hybridized carbons (Fsp3) is 0.529. The molecular weight excluding hydrogens is 298 g/mol. The smallest absolute Gasteiger partial charge is 0.306 e. The highest BCUT2D eigenvalue weighted by atomic mass is 16.7. The number of rotatable bonds is 6. The van der Waals surface area contributed by atoms with Crippen LogP contribution < -0.4 is 9.47 Å². The van der Waals surface area contributed by atoms with Gasteiger partial charge in [-0.1, -0.05) is 25.5 Å². The maximum Gasteiger partial charge on any atom is 0.306 e. The summed E-state index contributed by atoms with van der Waals surface area (Å²) in [4.78, 5) is 25.7. The first-order valence-electron chi connectivity index (χ1n) is 8.04. The summed E-state index contributed by atoms with van der Waals surface area (Å²) in [6.45, 7) is 3.35. The highest BCUT2D eigenvalue weighted by Gasteiger charge is 2.33. The van der Waals surface area contributed by atoms with Crippen molar-refractivity contribution in [3.8, 4) is 11.5 Å². The molecule has 2 heterocycles. The number of esters is 1. The van der Waals surface area contributed by atoms with E-state index >= 15 is 0 Å². The van der Waals surface area contributed by atoms with E-state index in [-0.39, 0.29) is 18.7 Å². The number of para-hydroxylation sites is 1. The molecule has 23 heavy (non-hydrogen) atoms. The zero-order valence-corrected chi connectivity index (χ0v) is 13.2. The number of amides is 1. The Morgan fingerprint density at radius 3 is 2.96 bits per heavy atom. The molecule has 1 aromatic rings. The van der Waals surface area contributed by atoms with E-state index in [1.165, 1.54) is 0 Å². The lowest BCUT2D eigenvalue weighted by Crippen LogP contribution is -2.39. The molecule has 1 amide bonds. The van der Waals surface area contributed by atoms with Crippen molar-refractivity contribution in [3.63, 3.8) is 0 Å². The van der Waals surface area contributed by atoms with Gasteiger partial charge in [0.1, 0.15) is 0 Å². The van der Waals surface area contributed by atoms with Gasteiger partial charge in [-0.25, -0.2) is 0 Å². The molecule has 6 nitrogen and oxygen atoms in total. The second-order valence-corrected chi connectivity index (χ2v) is 5.78. The van der Waals surface area contributed by atoms with Crippen molar-refractivity contribution in [3.05, 3.63) is 23.8 Å². The molecule has 0 aliphatic carbocycles. The van der Waals surface area contributed by atoms with E-state index in [9.17, 15) is 9.59 Å². The fourth-order valence-corrected chi connectivity index (χ4v) is 2.84. The van der Waals surface area contributed by atoms with Crippen molar-refractivity contribution in [2.75, 3.05) is 13.3 Å². The monoisotopic (exact) mass is 319 g/mol. The molecule has 2 aliphatic heterocycles. The molecule has 124 valence electrons. The Morgan fingerprint density at radius 1 is 1.35 bits per heavy atom. The maximum absolute atomic E-state index is 12.7. The van der Waals surface area contributed by atoms with E-state index in [0.29, 0.717) is 37.4 Å². The van der Waals surface area contributed by atoms with Crippen LogP contribution in [0, 0.1) is 0 Å².